The predicted octanol–water partition coefficient (Wildman–Crippen LogP) is 5.81. The Hall–Kier alpha value is -0.770. The van der Waals surface area contributed by atoms with Crippen LogP contribution in [-0.2, 0) is 9.47 Å². The first-order chi connectivity index (χ1) is 12.6. The van der Waals surface area contributed by atoms with Crippen molar-refractivity contribution in [3.05, 3.63) is 0 Å². The lowest BCUT2D eigenvalue weighted by molar-refractivity contribution is -0.0985. The van der Waals surface area contributed by atoms with Crippen LogP contribution in [0, 0.1) is 35.5 Å². The molecule has 0 aromatic rings. The highest BCUT2D eigenvalue weighted by Crippen LogP contribution is 2.43. The number of carbonyl (C=O) groups excluding carboxylic acids is 1. The number of ether oxygens (including phenoxy) is 2. The fraction of sp³-hybridized carbons (Fsp3) is 0.957. The maximum atomic E-state index is 12.3. The summed E-state index contributed by atoms with van der Waals surface area (Å²) in [6.07, 6.45) is 6.17. The molecule has 2 rings (SSSR count). The molecule has 0 spiro atoms. The Kier molecular flexibility index (Phi) is 8.03. The SMILES string of the molecule is CC(C)[C@@H]1CC[C@@H](C)C[C@H]1OC(=O)OCC[C@]1(O)C[C@H](C)CC[C@H]1C(C)C. The Bertz CT molecular complexity index is 475. The van der Waals surface area contributed by atoms with Gasteiger partial charge >= 0.3 is 6.16 Å². The number of carbonyl (C=O) groups is 1. The van der Waals surface area contributed by atoms with Gasteiger partial charge in [-0.05, 0) is 61.2 Å². The Labute approximate surface area is 166 Å². The summed E-state index contributed by atoms with van der Waals surface area (Å²) in [5.41, 5.74) is -0.730. The molecule has 0 aliphatic heterocycles. The van der Waals surface area contributed by atoms with E-state index in [1.165, 1.54) is 12.8 Å². The van der Waals surface area contributed by atoms with E-state index in [1.807, 2.05) is 0 Å². The lowest BCUT2D eigenvalue weighted by Gasteiger charge is -2.44. The highest BCUT2D eigenvalue weighted by molar-refractivity contribution is 5.60. The average Bonchev–Trinajstić information content (AvgIpc) is 2.53. The fourth-order valence-electron chi connectivity index (χ4n) is 5.55. The van der Waals surface area contributed by atoms with E-state index in [2.05, 4.69) is 41.5 Å². The third-order valence-corrected chi connectivity index (χ3v) is 7.13. The van der Waals surface area contributed by atoms with Gasteiger partial charge in [-0.15, -0.1) is 0 Å². The molecule has 4 heteroatoms. The summed E-state index contributed by atoms with van der Waals surface area (Å²) in [4.78, 5) is 12.3. The highest BCUT2D eigenvalue weighted by atomic mass is 16.7. The van der Waals surface area contributed by atoms with E-state index in [-0.39, 0.29) is 18.6 Å². The minimum atomic E-state index is -0.730. The molecule has 2 aliphatic carbocycles. The van der Waals surface area contributed by atoms with Crippen molar-refractivity contribution in [3.8, 4) is 0 Å². The van der Waals surface area contributed by atoms with Crippen LogP contribution in [0.4, 0.5) is 4.79 Å². The molecule has 4 nitrogen and oxygen atoms in total. The first-order valence-corrected chi connectivity index (χ1v) is 11.2. The van der Waals surface area contributed by atoms with E-state index >= 15 is 0 Å². The summed E-state index contributed by atoms with van der Waals surface area (Å²) in [5.74, 6) is 2.75. The van der Waals surface area contributed by atoms with Crippen LogP contribution >= 0.6 is 0 Å². The van der Waals surface area contributed by atoms with E-state index in [0.29, 0.717) is 36.0 Å². The summed E-state index contributed by atoms with van der Waals surface area (Å²) in [6, 6.07) is 0. The first-order valence-electron chi connectivity index (χ1n) is 11.2. The quantitative estimate of drug-likeness (QED) is 0.589. The van der Waals surface area contributed by atoms with Gasteiger partial charge in [0.25, 0.3) is 0 Å². The maximum absolute atomic E-state index is 12.3. The van der Waals surface area contributed by atoms with Crippen LogP contribution in [-0.4, -0.2) is 29.6 Å². The van der Waals surface area contributed by atoms with Crippen molar-refractivity contribution in [2.24, 2.45) is 35.5 Å². The number of hydrogen-bond donors (Lipinski definition) is 1. The molecule has 0 unspecified atom stereocenters. The molecule has 1 N–H and O–H groups in total. The normalized spacial score (nSPS) is 37.4. The van der Waals surface area contributed by atoms with Gasteiger partial charge in [0, 0.05) is 6.42 Å². The number of aliphatic hydroxyl groups is 1. The molecule has 27 heavy (non-hydrogen) atoms. The van der Waals surface area contributed by atoms with Gasteiger partial charge in [0.1, 0.15) is 6.10 Å². The zero-order valence-corrected chi connectivity index (χ0v) is 18.4. The molecule has 0 heterocycles. The number of hydrogen-bond acceptors (Lipinski definition) is 4. The zero-order valence-electron chi connectivity index (χ0n) is 18.4. The second-order valence-electron chi connectivity index (χ2n) is 10.2. The summed E-state index contributed by atoms with van der Waals surface area (Å²) >= 11 is 0. The Balaban J connectivity index is 1.85. The van der Waals surface area contributed by atoms with Crippen molar-refractivity contribution in [1.29, 1.82) is 0 Å². The molecule has 2 saturated carbocycles. The molecular weight excluding hydrogens is 340 g/mol. The van der Waals surface area contributed by atoms with Crippen molar-refractivity contribution < 1.29 is 19.4 Å². The molecular formula is C23H42O4. The molecule has 158 valence electrons. The van der Waals surface area contributed by atoms with Gasteiger partial charge in [-0.3, -0.25) is 0 Å². The van der Waals surface area contributed by atoms with Crippen LogP contribution in [0.2, 0.25) is 0 Å². The lowest BCUT2D eigenvalue weighted by Crippen LogP contribution is -2.46. The molecule has 2 aliphatic rings. The standard InChI is InChI=1S/C23H42O4/c1-15(2)19-9-7-17(5)13-21(19)27-22(24)26-12-11-23(25)14-18(6)8-10-20(23)16(3)4/h15-21,25H,7-14H2,1-6H3/t17-,18-,19+,20+,21-,23+/m1/s1. The summed E-state index contributed by atoms with van der Waals surface area (Å²) in [6.45, 7) is 13.4. The molecule has 0 radical (unpaired) electrons. The zero-order chi connectivity index (χ0) is 20.2. The smallest absolute Gasteiger partial charge is 0.434 e. The van der Waals surface area contributed by atoms with Gasteiger partial charge in [0.2, 0.25) is 0 Å². The predicted molar refractivity (Wildman–Crippen MR) is 108 cm³/mol. The van der Waals surface area contributed by atoms with Crippen molar-refractivity contribution in [2.45, 2.75) is 98.2 Å². The van der Waals surface area contributed by atoms with Crippen LogP contribution in [0.25, 0.3) is 0 Å². The van der Waals surface area contributed by atoms with Crippen LogP contribution in [0.3, 0.4) is 0 Å². The summed E-state index contributed by atoms with van der Waals surface area (Å²) in [5, 5.41) is 11.2. The van der Waals surface area contributed by atoms with E-state index in [9.17, 15) is 9.90 Å². The van der Waals surface area contributed by atoms with Crippen molar-refractivity contribution in [2.75, 3.05) is 6.61 Å². The Morgan fingerprint density at radius 1 is 1.04 bits per heavy atom. The van der Waals surface area contributed by atoms with E-state index in [0.717, 1.165) is 25.7 Å². The third-order valence-electron chi connectivity index (χ3n) is 7.13. The topological polar surface area (TPSA) is 55.8 Å². The third kappa shape index (κ3) is 6.10. The highest BCUT2D eigenvalue weighted by Gasteiger charge is 2.42. The van der Waals surface area contributed by atoms with Crippen molar-refractivity contribution in [1.82, 2.24) is 0 Å². The number of rotatable bonds is 6. The molecule has 6 atom stereocenters. The van der Waals surface area contributed by atoms with Crippen LogP contribution in [0.1, 0.15) is 86.5 Å². The van der Waals surface area contributed by atoms with Crippen LogP contribution < -0.4 is 0 Å². The first kappa shape index (κ1) is 22.5. The Morgan fingerprint density at radius 3 is 2.33 bits per heavy atom. The van der Waals surface area contributed by atoms with Gasteiger partial charge in [0.15, 0.2) is 0 Å². The molecule has 2 fully saturated rings. The molecule has 0 aromatic heterocycles. The average molecular weight is 383 g/mol. The monoisotopic (exact) mass is 382 g/mol. The second kappa shape index (κ2) is 9.62. The second-order valence-corrected chi connectivity index (χ2v) is 10.2. The minimum Gasteiger partial charge on any atom is -0.434 e. The largest absolute Gasteiger partial charge is 0.508 e. The Morgan fingerprint density at radius 2 is 1.70 bits per heavy atom. The van der Waals surface area contributed by atoms with Crippen molar-refractivity contribution in [3.63, 3.8) is 0 Å². The molecule has 0 bridgehead atoms. The summed E-state index contributed by atoms with van der Waals surface area (Å²) in [7, 11) is 0. The molecule has 0 saturated heterocycles. The van der Waals surface area contributed by atoms with Crippen LogP contribution in [0.15, 0.2) is 0 Å². The van der Waals surface area contributed by atoms with Gasteiger partial charge in [0.05, 0.1) is 12.2 Å². The van der Waals surface area contributed by atoms with E-state index < -0.39 is 11.8 Å². The van der Waals surface area contributed by atoms with Gasteiger partial charge in [-0.25, -0.2) is 4.79 Å². The molecule has 0 aromatic carbocycles. The maximum Gasteiger partial charge on any atom is 0.508 e. The van der Waals surface area contributed by atoms with Crippen molar-refractivity contribution >= 4 is 6.16 Å². The van der Waals surface area contributed by atoms with E-state index in [4.69, 9.17) is 9.47 Å². The lowest BCUT2D eigenvalue weighted by atomic mass is 9.66. The van der Waals surface area contributed by atoms with Gasteiger partial charge < -0.3 is 14.6 Å². The van der Waals surface area contributed by atoms with Crippen LogP contribution in [0.5, 0.6) is 0 Å². The summed E-state index contributed by atoms with van der Waals surface area (Å²) < 4.78 is 11.1. The minimum absolute atomic E-state index is 0.0394. The molecule has 0 amide bonds. The van der Waals surface area contributed by atoms with E-state index in [1.54, 1.807) is 0 Å². The van der Waals surface area contributed by atoms with Gasteiger partial charge in [-0.2, -0.15) is 0 Å². The fourth-order valence-corrected chi connectivity index (χ4v) is 5.55. The van der Waals surface area contributed by atoms with Gasteiger partial charge in [-0.1, -0.05) is 54.4 Å².